The highest BCUT2D eigenvalue weighted by Gasteiger charge is 2.04. The molecule has 0 aromatic heterocycles. The molecule has 0 aliphatic carbocycles. The van der Waals surface area contributed by atoms with Gasteiger partial charge in [-0.1, -0.05) is 13.8 Å². The molecule has 2 N–H and O–H groups in total. The smallest absolute Gasteiger partial charge is 0.329 e. The minimum atomic E-state index is -0.996. The summed E-state index contributed by atoms with van der Waals surface area (Å²) in [7, 11) is 0. The molecule has 0 aromatic rings. The highest BCUT2D eigenvalue weighted by molar-refractivity contribution is 5.77. The number of hydrogen-bond donors (Lipinski definition) is 2. The van der Waals surface area contributed by atoms with Gasteiger partial charge in [0, 0.05) is 12.5 Å². The molecule has 0 saturated heterocycles. The Labute approximate surface area is 94.9 Å². The lowest BCUT2D eigenvalue weighted by atomic mass is 10.2. The maximum absolute atomic E-state index is 11.1. The Bertz CT molecular complexity index is 217. The standard InChI is InChI=1S/C10H19NO5/c1-8(2)10(14)11-3-4-15-5-6-16-7-9(12)13/h8H,3-7H2,1-2H3,(H,11,14)(H,12,13). The van der Waals surface area contributed by atoms with Gasteiger partial charge in [-0.2, -0.15) is 0 Å². The first-order valence-electron chi connectivity index (χ1n) is 5.19. The van der Waals surface area contributed by atoms with Crippen LogP contribution in [-0.2, 0) is 19.1 Å². The van der Waals surface area contributed by atoms with Crippen LogP contribution in [0.15, 0.2) is 0 Å². The van der Waals surface area contributed by atoms with Crippen LogP contribution >= 0.6 is 0 Å². The van der Waals surface area contributed by atoms with Gasteiger partial charge in [0.1, 0.15) is 6.61 Å². The van der Waals surface area contributed by atoms with E-state index in [0.29, 0.717) is 19.8 Å². The Hall–Kier alpha value is -1.14. The molecule has 0 aliphatic rings. The molecule has 0 unspecified atom stereocenters. The van der Waals surface area contributed by atoms with Gasteiger partial charge < -0.3 is 19.9 Å². The Morgan fingerprint density at radius 1 is 1.19 bits per heavy atom. The quantitative estimate of drug-likeness (QED) is 0.542. The average Bonchev–Trinajstić information content (AvgIpc) is 2.21. The molecule has 1 amide bonds. The number of carbonyl (C=O) groups excluding carboxylic acids is 1. The zero-order valence-corrected chi connectivity index (χ0v) is 9.69. The highest BCUT2D eigenvalue weighted by Crippen LogP contribution is 1.89. The monoisotopic (exact) mass is 233 g/mol. The zero-order valence-electron chi connectivity index (χ0n) is 9.69. The Kier molecular flexibility index (Phi) is 8.46. The molecule has 0 bridgehead atoms. The SMILES string of the molecule is CC(C)C(=O)NCCOCCOCC(=O)O. The van der Waals surface area contributed by atoms with Crippen molar-refractivity contribution in [1.82, 2.24) is 5.32 Å². The van der Waals surface area contributed by atoms with Crippen LogP contribution in [0.25, 0.3) is 0 Å². The van der Waals surface area contributed by atoms with Gasteiger partial charge in [-0.05, 0) is 0 Å². The fourth-order valence-corrected chi connectivity index (χ4v) is 0.830. The molecule has 0 spiro atoms. The van der Waals surface area contributed by atoms with E-state index >= 15 is 0 Å². The molecular weight excluding hydrogens is 214 g/mol. The first kappa shape index (κ1) is 14.9. The predicted molar refractivity (Wildman–Crippen MR) is 57.1 cm³/mol. The highest BCUT2D eigenvalue weighted by atomic mass is 16.5. The van der Waals surface area contributed by atoms with Gasteiger partial charge in [0.15, 0.2) is 0 Å². The Morgan fingerprint density at radius 3 is 2.38 bits per heavy atom. The summed E-state index contributed by atoms with van der Waals surface area (Å²) in [5.41, 5.74) is 0. The van der Waals surface area contributed by atoms with Crippen molar-refractivity contribution < 1.29 is 24.2 Å². The number of amides is 1. The number of rotatable bonds is 9. The van der Waals surface area contributed by atoms with E-state index < -0.39 is 5.97 Å². The Morgan fingerprint density at radius 2 is 1.81 bits per heavy atom. The van der Waals surface area contributed by atoms with Gasteiger partial charge in [-0.25, -0.2) is 4.79 Å². The van der Waals surface area contributed by atoms with E-state index in [0.717, 1.165) is 0 Å². The van der Waals surface area contributed by atoms with Gasteiger partial charge in [-0.3, -0.25) is 4.79 Å². The van der Waals surface area contributed by atoms with E-state index in [9.17, 15) is 9.59 Å². The second-order valence-electron chi connectivity index (χ2n) is 3.50. The van der Waals surface area contributed by atoms with Crippen LogP contribution in [0.1, 0.15) is 13.8 Å². The van der Waals surface area contributed by atoms with Crippen LogP contribution in [0.5, 0.6) is 0 Å². The fraction of sp³-hybridized carbons (Fsp3) is 0.800. The lowest BCUT2D eigenvalue weighted by Crippen LogP contribution is -2.31. The summed E-state index contributed by atoms with van der Waals surface area (Å²) in [5, 5.41) is 10.9. The number of aliphatic carboxylic acids is 1. The summed E-state index contributed by atoms with van der Waals surface area (Å²) in [6, 6.07) is 0. The van der Waals surface area contributed by atoms with Crippen LogP contribution in [-0.4, -0.2) is 50.0 Å². The Balaban J connectivity index is 3.16. The van der Waals surface area contributed by atoms with Crippen LogP contribution in [0.3, 0.4) is 0 Å². The molecule has 0 rings (SSSR count). The number of hydrogen-bond acceptors (Lipinski definition) is 4. The zero-order chi connectivity index (χ0) is 12.4. The molecule has 0 aliphatic heterocycles. The fourth-order valence-electron chi connectivity index (χ4n) is 0.830. The molecule has 16 heavy (non-hydrogen) atoms. The average molecular weight is 233 g/mol. The van der Waals surface area contributed by atoms with E-state index in [-0.39, 0.29) is 25.0 Å². The second kappa shape index (κ2) is 9.11. The van der Waals surface area contributed by atoms with Gasteiger partial charge >= 0.3 is 5.97 Å². The summed E-state index contributed by atoms with van der Waals surface area (Å²) in [5.74, 6) is -1.03. The molecule has 0 fully saturated rings. The van der Waals surface area contributed by atoms with E-state index in [1.807, 2.05) is 13.8 Å². The van der Waals surface area contributed by atoms with Crippen molar-refractivity contribution in [3.05, 3.63) is 0 Å². The van der Waals surface area contributed by atoms with E-state index in [2.05, 4.69) is 5.32 Å². The summed E-state index contributed by atoms with van der Waals surface area (Å²) in [6.45, 7) is 4.74. The third kappa shape index (κ3) is 9.42. The predicted octanol–water partition coefficient (Wildman–Crippen LogP) is -0.124. The van der Waals surface area contributed by atoms with Crippen LogP contribution < -0.4 is 5.32 Å². The van der Waals surface area contributed by atoms with Gasteiger partial charge in [-0.15, -0.1) is 0 Å². The molecule has 0 saturated carbocycles. The van der Waals surface area contributed by atoms with Gasteiger partial charge in [0.25, 0.3) is 0 Å². The van der Waals surface area contributed by atoms with Crippen molar-refractivity contribution in [1.29, 1.82) is 0 Å². The molecule has 0 aromatic carbocycles. The minimum absolute atomic E-state index is 0.00859. The van der Waals surface area contributed by atoms with Crippen molar-refractivity contribution in [3.8, 4) is 0 Å². The summed E-state index contributed by atoms with van der Waals surface area (Å²) in [6.07, 6.45) is 0. The van der Waals surface area contributed by atoms with Gasteiger partial charge in [0.2, 0.25) is 5.91 Å². The molecule has 6 heteroatoms. The number of carboxylic acids is 1. The normalized spacial score (nSPS) is 10.4. The van der Waals surface area contributed by atoms with E-state index in [1.165, 1.54) is 0 Å². The van der Waals surface area contributed by atoms with Crippen molar-refractivity contribution >= 4 is 11.9 Å². The third-order valence-corrected chi connectivity index (χ3v) is 1.67. The first-order chi connectivity index (χ1) is 7.54. The number of ether oxygens (including phenoxy) is 2. The number of nitrogens with one attached hydrogen (secondary N) is 1. The molecular formula is C10H19NO5. The second-order valence-corrected chi connectivity index (χ2v) is 3.50. The van der Waals surface area contributed by atoms with Crippen LogP contribution in [0.4, 0.5) is 0 Å². The van der Waals surface area contributed by atoms with Gasteiger partial charge in [0.05, 0.1) is 19.8 Å². The van der Waals surface area contributed by atoms with Crippen molar-refractivity contribution in [3.63, 3.8) is 0 Å². The van der Waals surface area contributed by atoms with Crippen molar-refractivity contribution in [2.75, 3.05) is 33.0 Å². The van der Waals surface area contributed by atoms with Crippen molar-refractivity contribution in [2.45, 2.75) is 13.8 Å². The van der Waals surface area contributed by atoms with E-state index in [4.69, 9.17) is 14.6 Å². The lowest BCUT2D eigenvalue weighted by molar-refractivity contribution is -0.142. The lowest BCUT2D eigenvalue weighted by Gasteiger charge is -2.08. The van der Waals surface area contributed by atoms with Crippen LogP contribution in [0, 0.1) is 5.92 Å². The summed E-state index contributed by atoms with van der Waals surface area (Å²) >= 11 is 0. The largest absolute Gasteiger partial charge is 0.480 e. The topological polar surface area (TPSA) is 84.9 Å². The number of carboxylic acid groups (broad SMARTS) is 1. The van der Waals surface area contributed by atoms with Crippen molar-refractivity contribution in [2.24, 2.45) is 5.92 Å². The maximum Gasteiger partial charge on any atom is 0.329 e. The maximum atomic E-state index is 11.1. The van der Waals surface area contributed by atoms with E-state index in [1.54, 1.807) is 0 Å². The molecule has 0 heterocycles. The minimum Gasteiger partial charge on any atom is -0.480 e. The first-order valence-corrected chi connectivity index (χ1v) is 5.19. The molecule has 0 atom stereocenters. The third-order valence-electron chi connectivity index (χ3n) is 1.67. The number of carbonyl (C=O) groups is 2. The molecule has 0 radical (unpaired) electrons. The molecule has 6 nitrogen and oxygen atoms in total. The summed E-state index contributed by atoms with van der Waals surface area (Å²) in [4.78, 5) is 21.2. The summed E-state index contributed by atoms with van der Waals surface area (Å²) < 4.78 is 9.86. The van der Waals surface area contributed by atoms with Crippen LogP contribution in [0.2, 0.25) is 0 Å². The molecule has 94 valence electrons.